The van der Waals surface area contributed by atoms with Gasteiger partial charge in [0.15, 0.2) is 0 Å². The van der Waals surface area contributed by atoms with Gasteiger partial charge in [-0.05, 0) is 55.8 Å². The number of anilines is 2. The van der Waals surface area contributed by atoms with Crippen LogP contribution >= 0.6 is 11.6 Å². The van der Waals surface area contributed by atoms with E-state index in [0.717, 1.165) is 44.8 Å². The van der Waals surface area contributed by atoms with E-state index in [1.807, 2.05) is 30.3 Å². The molecule has 0 saturated carbocycles. The third-order valence-corrected chi connectivity index (χ3v) is 5.06. The Kier molecular flexibility index (Phi) is 3.55. The maximum Gasteiger partial charge on any atom is 0.214 e. The Morgan fingerprint density at radius 3 is 2.52 bits per heavy atom. The molecule has 0 unspecified atom stereocenters. The number of halogens is 1. The third kappa shape index (κ3) is 2.61. The van der Waals surface area contributed by atoms with Crippen LogP contribution in [0.5, 0.6) is 0 Å². The molecule has 0 aliphatic rings. The highest BCUT2D eigenvalue weighted by molar-refractivity contribution is 6.31. The fraction of sp³-hybridized carbons (Fsp3) is 0.0909. The molecular weight excluding hydrogens is 356 g/mol. The Morgan fingerprint density at radius 1 is 0.889 bits per heavy atom. The highest BCUT2D eigenvalue weighted by Crippen LogP contribution is 2.31. The molecule has 0 aliphatic heterocycles. The van der Waals surface area contributed by atoms with E-state index in [0.29, 0.717) is 5.02 Å². The monoisotopic (exact) mass is 372 g/mol. The Bertz CT molecular complexity index is 1320. The number of nitrogens with zero attached hydrogens (tertiary/aromatic N) is 3. The minimum atomic E-state index is 0.675. The van der Waals surface area contributed by atoms with Crippen LogP contribution < -0.4 is 5.32 Å². The molecule has 132 valence electrons. The Morgan fingerprint density at radius 2 is 1.70 bits per heavy atom. The fourth-order valence-corrected chi connectivity index (χ4v) is 3.65. The lowest BCUT2D eigenvalue weighted by molar-refractivity contribution is 1.14. The van der Waals surface area contributed by atoms with Gasteiger partial charge in [-0.15, -0.1) is 0 Å². The molecule has 0 spiro atoms. The van der Waals surface area contributed by atoms with Crippen LogP contribution in [0.15, 0.2) is 60.7 Å². The largest absolute Gasteiger partial charge is 0.325 e. The summed E-state index contributed by atoms with van der Waals surface area (Å²) in [6.07, 6.45) is 0. The number of imidazole rings is 1. The van der Waals surface area contributed by atoms with Crippen molar-refractivity contribution in [1.82, 2.24) is 14.4 Å². The van der Waals surface area contributed by atoms with Crippen LogP contribution in [0.2, 0.25) is 5.02 Å². The summed E-state index contributed by atoms with van der Waals surface area (Å²) in [6, 6.07) is 20.1. The van der Waals surface area contributed by atoms with Crippen molar-refractivity contribution >= 4 is 50.8 Å². The minimum Gasteiger partial charge on any atom is -0.325 e. The molecule has 1 N–H and O–H groups in total. The summed E-state index contributed by atoms with van der Waals surface area (Å²) in [5, 5.41) is 5.08. The quantitative estimate of drug-likeness (QED) is 0.410. The molecule has 0 aliphatic carbocycles. The predicted molar refractivity (Wildman–Crippen MR) is 112 cm³/mol. The number of hydrogen-bond acceptors (Lipinski definition) is 3. The second-order valence-corrected chi connectivity index (χ2v) is 7.24. The van der Waals surface area contributed by atoms with Gasteiger partial charge in [-0.2, -0.15) is 0 Å². The van der Waals surface area contributed by atoms with Gasteiger partial charge in [-0.1, -0.05) is 41.4 Å². The predicted octanol–water partition coefficient (Wildman–Crippen LogP) is 6.05. The Hall–Kier alpha value is -3.11. The molecule has 0 fully saturated rings. The Labute approximate surface area is 161 Å². The average Bonchev–Trinajstić information content (AvgIpc) is 3.06. The fourth-order valence-electron chi connectivity index (χ4n) is 3.48. The molecule has 3 aromatic carbocycles. The summed E-state index contributed by atoms with van der Waals surface area (Å²) in [6.45, 7) is 4.17. The number of rotatable bonds is 2. The van der Waals surface area contributed by atoms with Gasteiger partial charge in [-0.3, -0.25) is 4.40 Å². The maximum absolute atomic E-state index is 6.25. The highest BCUT2D eigenvalue weighted by Gasteiger charge is 2.15. The van der Waals surface area contributed by atoms with E-state index in [4.69, 9.17) is 21.6 Å². The van der Waals surface area contributed by atoms with Crippen LogP contribution in [0, 0.1) is 13.8 Å². The summed E-state index contributed by atoms with van der Waals surface area (Å²) < 4.78 is 2.09. The van der Waals surface area contributed by atoms with Crippen molar-refractivity contribution in [3.8, 4) is 0 Å². The minimum absolute atomic E-state index is 0.675. The zero-order valence-electron chi connectivity index (χ0n) is 15.0. The van der Waals surface area contributed by atoms with E-state index in [1.54, 1.807) is 0 Å². The van der Waals surface area contributed by atoms with Gasteiger partial charge < -0.3 is 5.32 Å². The van der Waals surface area contributed by atoms with Crippen LogP contribution in [0.4, 0.5) is 11.6 Å². The first kappa shape index (κ1) is 16.1. The third-order valence-electron chi connectivity index (χ3n) is 4.82. The molecule has 0 radical (unpaired) electrons. The van der Waals surface area contributed by atoms with Crippen molar-refractivity contribution in [2.75, 3.05) is 5.32 Å². The molecule has 5 heteroatoms. The molecule has 5 aromatic rings. The molecule has 5 rings (SSSR count). The average molecular weight is 373 g/mol. The lowest BCUT2D eigenvalue weighted by atomic mass is 10.2. The number of hydrogen-bond donors (Lipinski definition) is 1. The van der Waals surface area contributed by atoms with Crippen LogP contribution in [-0.4, -0.2) is 14.4 Å². The molecule has 27 heavy (non-hydrogen) atoms. The summed E-state index contributed by atoms with van der Waals surface area (Å²) in [5.41, 5.74) is 7.05. The van der Waals surface area contributed by atoms with Crippen LogP contribution in [0.25, 0.3) is 27.6 Å². The first-order chi connectivity index (χ1) is 13.1. The first-order valence-electron chi connectivity index (χ1n) is 8.81. The topological polar surface area (TPSA) is 42.2 Å². The summed E-state index contributed by atoms with van der Waals surface area (Å²) >= 11 is 6.25. The van der Waals surface area contributed by atoms with Gasteiger partial charge >= 0.3 is 0 Å². The van der Waals surface area contributed by atoms with E-state index < -0.39 is 0 Å². The molecule has 0 amide bonds. The Balaban J connectivity index is 1.88. The number of fused-ring (bicyclic) bond motifs is 5. The van der Waals surface area contributed by atoms with Crippen LogP contribution in [0.3, 0.4) is 0 Å². The second kappa shape index (κ2) is 5.96. The van der Waals surface area contributed by atoms with E-state index in [1.165, 1.54) is 5.56 Å². The van der Waals surface area contributed by atoms with Gasteiger partial charge in [0.25, 0.3) is 0 Å². The molecule has 2 aromatic heterocycles. The number of aryl methyl sites for hydroxylation is 2. The van der Waals surface area contributed by atoms with Crippen molar-refractivity contribution in [3.63, 3.8) is 0 Å². The normalized spacial score (nSPS) is 11.5. The van der Waals surface area contributed by atoms with Crippen molar-refractivity contribution < 1.29 is 0 Å². The summed E-state index contributed by atoms with van der Waals surface area (Å²) in [5.74, 6) is 0.737. The number of aromatic nitrogens is 3. The van der Waals surface area contributed by atoms with Gasteiger partial charge in [0.05, 0.1) is 16.6 Å². The van der Waals surface area contributed by atoms with Gasteiger partial charge in [0.2, 0.25) is 5.95 Å². The molecule has 0 saturated heterocycles. The smallest absolute Gasteiger partial charge is 0.214 e. The van der Waals surface area contributed by atoms with E-state index in [9.17, 15) is 0 Å². The SMILES string of the molecule is Cc1ccc(Nc2nc3ccc(Cl)cc3c3nc4cccc(C)c4n23)cc1. The first-order valence-corrected chi connectivity index (χ1v) is 9.19. The summed E-state index contributed by atoms with van der Waals surface area (Å²) in [7, 11) is 0. The standard InChI is InChI=1S/C22H17ClN4/c1-13-6-9-16(10-7-13)24-22-26-18-11-8-15(23)12-17(18)21-25-19-5-3-4-14(2)20(19)27(21)22/h3-12H,1-2H3,(H,24,26). The van der Waals surface area contributed by atoms with E-state index >= 15 is 0 Å². The van der Waals surface area contributed by atoms with Crippen molar-refractivity contribution in [2.45, 2.75) is 13.8 Å². The number of nitrogens with one attached hydrogen (secondary N) is 1. The lowest BCUT2D eigenvalue weighted by Gasteiger charge is -2.12. The van der Waals surface area contributed by atoms with Gasteiger partial charge in [-0.25, -0.2) is 9.97 Å². The summed E-state index contributed by atoms with van der Waals surface area (Å²) in [4.78, 5) is 9.76. The van der Waals surface area contributed by atoms with Crippen LogP contribution in [-0.2, 0) is 0 Å². The molecule has 0 atom stereocenters. The van der Waals surface area contributed by atoms with Gasteiger partial charge in [0, 0.05) is 16.1 Å². The van der Waals surface area contributed by atoms with Crippen molar-refractivity contribution in [1.29, 1.82) is 0 Å². The van der Waals surface area contributed by atoms with E-state index in [-0.39, 0.29) is 0 Å². The number of para-hydroxylation sites is 1. The van der Waals surface area contributed by atoms with E-state index in [2.05, 4.69) is 53.9 Å². The van der Waals surface area contributed by atoms with Gasteiger partial charge in [0.1, 0.15) is 5.65 Å². The molecule has 4 nitrogen and oxygen atoms in total. The highest BCUT2D eigenvalue weighted by atomic mass is 35.5. The molecular formula is C22H17ClN4. The zero-order valence-corrected chi connectivity index (χ0v) is 15.7. The van der Waals surface area contributed by atoms with Crippen LogP contribution in [0.1, 0.15) is 11.1 Å². The zero-order chi connectivity index (χ0) is 18.5. The molecule has 0 bridgehead atoms. The maximum atomic E-state index is 6.25. The molecule has 2 heterocycles. The number of benzene rings is 3. The van der Waals surface area contributed by atoms with Crippen molar-refractivity contribution in [2.24, 2.45) is 0 Å². The van der Waals surface area contributed by atoms with Crippen molar-refractivity contribution in [3.05, 3.63) is 76.8 Å². The second-order valence-electron chi connectivity index (χ2n) is 6.80. The lowest BCUT2D eigenvalue weighted by Crippen LogP contribution is -2.03.